The molecule has 14 rings (SSSR count). The monoisotopic (exact) mass is 1670 g/mol. The van der Waals surface area contributed by atoms with Crippen LogP contribution in [0.4, 0.5) is 0 Å². The number of rotatable bonds is 14. The van der Waals surface area contributed by atoms with E-state index in [1.807, 2.05) is 0 Å². The van der Waals surface area contributed by atoms with Crippen LogP contribution in [0.3, 0.4) is 0 Å². The first-order valence-electron chi connectivity index (χ1n) is 32.4. The molecule has 14 aromatic carbocycles. The van der Waals surface area contributed by atoms with Crippen molar-refractivity contribution in [3.8, 4) is 0 Å². The van der Waals surface area contributed by atoms with Crippen LogP contribution in [0.5, 0.6) is 0 Å². The fourth-order valence-electron chi connectivity index (χ4n) is 9.78. The van der Waals surface area contributed by atoms with E-state index in [0.717, 1.165) is 0 Å². The van der Waals surface area contributed by atoms with Crippen molar-refractivity contribution in [1.82, 2.24) is 0 Å². The molecule has 0 saturated carbocycles. The number of benzene rings is 14. The number of hydrogen-bond donors (Lipinski definition) is 0. The summed E-state index contributed by atoms with van der Waals surface area (Å²) >= 11 is 0. The molecule has 23 heteroatoms. The van der Waals surface area contributed by atoms with Gasteiger partial charge in [0.15, 0.2) is 0 Å². The molecule has 0 bridgehead atoms. The maximum atomic E-state index is 12.1. The molecule has 1 radical (unpaired) electrons. The van der Waals surface area contributed by atoms with Crippen molar-refractivity contribution < 1.29 is 107 Å². The minimum absolute atomic E-state index is 0. The third kappa shape index (κ3) is 25.4. The molecule has 0 aliphatic heterocycles. The molecular weight excluding hydrogens is 1600 g/mol. The summed E-state index contributed by atoms with van der Waals surface area (Å²) in [7, 11) is -25.5. The first-order chi connectivity index (χ1) is 50.5. The molecule has 0 amide bonds. The van der Waals surface area contributed by atoms with Crippen molar-refractivity contribution in [2.24, 2.45) is 0 Å². The van der Waals surface area contributed by atoms with Crippen LogP contribution in [-0.4, -0.2) is 0 Å². The van der Waals surface area contributed by atoms with Gasteiger partial charge < -0.3 is 66.2 Å². The van der Waals surface area contributed by atoms with E-state index in [4.69, 9.17) is 0 Å². The van der Waals surface area contributed by atoms with Crippen molar-refractivity contribution in [1.29, 1.82) is 0 Å². The summed E-state index contributed by atoms with van der Waals surface area (Å²) in [5, 5.41) is 5.01. The van der Waals surface area contributed by atoms with Gasteiger partial charge in [0.05, 0.1) is 51.6 Å². The van der Waals surface area contributed by atoms with Gasteiger partial charge in [-0.25, -0.2) is 0 Å². The van der Waals surface area contributed by atoms with E-state index in [0.29, 0.717) is 74.3 Å². The van der Waals surface area contributed by atoms with E-state index < -0.39 is 51.6 Å². The fourth-order valence-corrected chi connectivity index (χ4v) is 19.8. The zero-order chi connectivity index (χ0) is 75.1. The first-order valence-corrected chi connectivity index (χ1v) is 43.8. The Hall–Kier alpha value is -8.25. The van der Waals surface area contributed by atoms with Crippen LogP contribution in [0.1, 0.15) is 0 Å². The predicted molar refractivity (Wildman–Crippen MR) is 418 cm³/mol. The summed E-state index contributed by atoms with van der Waals surface area (Å²) in [5.74, 6) is 0. The SMILES string of the molecule is O=P([O-])(c1ccccc1)c1ccccc1.O=P([O-])(c1ccccc1)c1ccccc1.O=P([O-])(c1ccccc1)c1ccccc1.O=P([O-])(c1ccccc1)c1ccccc1.O=P([O-])(c1ccccc1)c1ccccc1.O=P([O-])(c1ccccc1)c1ccccc1.O=P([O-])(c1ccccc1)c1ccccc1.[Ru+3].[Ti+4]. The zero-order valence-electron chi connectivity index (χ0n) is 57.1. The van der Waals surface area contributed by atoms with Crippen molar-refractivity contribution in [2.45, 2.75) is 0 Å². The molecule has 0 N–H and O–H groups in total. The van der Waals surface area contributed by atoms with Gasteiger partial charge in [-0.05, 0) is 0 Å². The molecule has 0 saturated heterocycles. The van der Waals surface area contributed by atoms with Crippen molar-refractivity contribution in [2.75, 3.05) is 0 Å². The second kappa shape index (κ2) is 43.1. The van der Waals surface area contributed by atoms with Crippen LogP contribution in [0.15, 0.2) is 425 Å². The third-order valence-electron chi connectivity index (χ3n) is 15.3. The molecule has 107 heavy (non-hydrogen) atoms. The van der Waals surface area contributed by atoms with E-state index in [1.165, 1.54) is 0 Å². The predicted octanol–water partition coefficient (Wildman–Crippen LogP) is 8.93. The molecule has 0 aliphatic rings. The first kappa shape index (κ1) is 87.7. The average molecular weight is 1670 g/mol. The topological polar surface area (TPSA) is 281 Å². The maximum absolute atomic E-state index is 12.1. The quantitative estimate of drug-likeness (QED) is 0.0726. The normalized spacial score (nSPS) is 11.1. The Labute approximate surface area is 652 Å². The molecule has 14 nitrogen and oxygen atoms in total. The molecular formula is C84H70O14P7RuTi. The van der Waals surface area contributed by atoms with Gasteiger partial charge in [0, 0.05) is 74.3 Å². The molecule has 14 aromatic rings. The van der Waals surface area contributed by atoms with E-state index in [2.05, 4.69) is 0 Å². The Morgan fingerprint density at radius 1 is 0.121 bits per heavy atom. The van der Waals surface area contributed by atoms with Gasteiger partial charge >= 0.3 is 41.2 Å². The molecule has 0 unspecified atom stereocenters. The summed E-state index contributed by atoms with van der Waals surface area (Å²) in [5.41, 5.74) is 0. The van der Waals surface area contributed by atoms with Gasteiger partial charge in [-0.1, -0.05) is 425 Å². The molecule has 537 valence electrons. The van der Waals surface area contributed by atoms with Gasteiger partial charge in [0.2, 0.25) is 0 Å². The van der Waals surface area contributed by atoms with Crippen molar-refractivity contribution >= 4 is 126 Å². The number of hydrogen-bond acceptors (Lipinski definition) is 14. The largest absolute Gasteiger partial charge is 4.00 e. The van der Waals surface area contributed by atoms with Gasteiger partial charge in [-0.3, -0.25) is 0 Å². The summed E-state index contributed by atoms with van der Waals surface area (Å²) in [6.07, 6.45) is 0. The van der Waals surface area contributed by atoms with E-state index in [-0.39, 0.29) is 41.2 Å². The van der Waals surface area contributed by atoms with Gasteiger partial charge in [-0.15, -0.1) is 0 Å². The van der Waals surface area contributed by atoms with Gasteiger partial charge in [0.1, 0.15) is 0 Å². The molecule has 0 spiro atoms. The average Bonchev–Trinajstić information content (AvgIpc) is 0.866. The van der Waals surface area contributed by atoms with Crippen LogP contribution < -0.4 is 109 Å². The minimum Gasteiger partial charge on any atom is -0.793 e. The summed E-state index contributed by atoms with van der Waals surface area (Å²) < 4.78 is 84.4. The summed E-state index contributed by atoms with van der Waals surface area (Å²) in [4.78, 5) is 84.4. The van der Waals surface area contributed by atoms with Gasteiger partial charge in [-0.2, -0.15) is 0 Å². The van der Waals surface area contributed by atoms with E-state index >= 15 is 0 Å². The summed E-state index contributed by atoms with van der Waals surface area (Å²) in [6, 6.07) is 119. The molecule has 0 fully saturated rings. The maximum Gasteiger partial charge on any atom is 4.00 e. The fraction of sp³-hybridized carbons (Fsp3) is 0. The molecule has 0 atom stereocenters. The Morgan fingerprint density at radius 3 is 0.215 bits per heavy atom. The summed E-state index contributed by atoms with van der Waals surface area (Å²) in [6.45, 7) is 0. The second-order valence-electron chi connectivity index (χ2n) is 22.6. The van der Waals surface area contributed by atoms with Gasteiger partial charge in [0.25, 0.3) is 0 Å². The standard InChI is InChI=1S/7C12H11O2P.Ru.Ti/c7*13-15(14,11-7-3-1-4-8-11)12-9-5-2-6-10-12;;/h7*1-10H,(H,13,14);;/q;;;;;;;+3;+4/p-7. The smallest absolute Gasteiger partial charge is 0.793 e. The van der Waals surface area contributed by atoms with Crippen LogP contribution in [-0.2, 0) is 73.2 Å². The van der Waals surface area contributed by atoms with Crippen LogP contribution >= 0.6 is 51.6 Å². The Balaban J connectivity index is 0.000000195. The Kier molecular flexibility index (Phi) is 35.3. The molecule has 0 aromatic heterocycles. The minimum atomic E-state index is -3.65. The Bertz CT molecular complexity index is 4000. The van der Waals surface area contributed by atoms with Crippen LogP contribution in [0.25, 0.3) is 0 Å². The van der Waals surface area contributed by atoms with Crippen molar-refractivity contribution in [3.05, 3.63) is 425 Å². The van der Waals surface area contributed by atoms with E-state index in [1.54, 1.807) is 425 Å². The molecule has 0 aliphatic carbocycles. The van der Waals surface area contributed by atoms with Crippen molar-refractivity contribution in [3.63, 3.8) is 0 Å². The third-order valence-corrected chi connectivity index (χ3v) is 29.0. The van der Waals surface area contributed by atoms with E-state index in [9.17, 15) is 66.2 Å². The molecule has 0 heterocycles. The van der Waals surface area contributed by atoms with Crippen LogP contribution in [0.2, 0.25) is 0 Å². The Morgan fingerprint density at radius 2 is 0.168 bits per heavy atom. The van der Waals surface area contributed by atoms with Crippen LogP contribution in [0, 0.1) is 0 Å². The second-order valence-corrected chi connectivity index (χ2v) is 37.5. The zero-order valence-corrected chi connectivity index (χ0v) is 66.7.